The Morgan fingerprint density at radius 3 is 2.44 bits per heavy atom. The number of nitrogens with one attached hydrogen (secondary N) is 1. The predicted octanol–water partition coefficient (Wildman–Crippen LogP) is 3.04. The molecule has 0 aromatic heterocycles. The minimum Gasteiger partial charge on any atom is -0.480 e. The Balaban J connectivity index is 1.66. The quantitative estimate of drug-likeness (QED) is 0.531. The minimum atomic E-state index is -1.05. The maximum absolute atomic E-state index is 13.1. The van der Waals surface area contributed by atoms with Gasteiger partial charge in [-0.3, -0.25) is 14.4 Å². The molecule has 1 heterocycles. The Morgan fingerprint density at radius 2 is 1.81 bits per heavy atom. The molecule has 2 aromatic carbocycles. The molecule has 0 bridgehead atoms. The highest BCUT2D eigenvalue weighted by atomic mass is 32.2. The Hall–Kier alpha value is -2.84. The molecule has 7 nitrogen and oxygen atoms in total. The van der Waals surface area contributed by atoms with Crippen LogP contribution in [0.1, 0.15) is 35.8 Å². The molecule has 170 valence electrons. The highest BCUT2D eigenvalue weighted by Crippen LogP contribution is 2.37. The Labute approximate surface area is 192 Å². The summed E-state index contributed by atoms with van der Waals surface area (Å²) < 4.78 is 5.23. The van der Waals surface area contributed by atoms with Crippen LogP contribution in [0.15, 0.2) is 60.7 Å². The summed E-state index contributed by atoms with van der Waals surface area (Å²) in [6.45, 7) is 2.14. The first-order valence-corrected chi connectivity index (χ1v) is 11.7. The highest BCUT2D eigenvalue weighted by molar-refractivity contribution is 7.99. The molecule has 0 saturated carbocycles. The minimum absolute atomic E-state index is 0.243. The predicted molar refractivity (Wildman–Crippen MR) is 123 cm³/mol. The second-order valence-corrected chi connectivity index (χ2v) is 8.58. The summed E-state index contributed by atoms with van der Waals surface area (Å²) in [5.74, 6) is -1.49. The van der Waals surface area contributed by atoms with Gasteiger partial charge in [0.25, 0.3) is 0 Å². The zero-order valence-electron chi connectivity index (χ0n) is 18.0. The SMILES string of the molecule is CCOC(=O)C(CCN[C@H]1CSC(c2ccccc2)N(CC(=O)O)C1=O)c1ccccc1. The van der Waals surface area contributed by atoms with Crippen LogP contribution in [0.4, 0.5) is 0 Å². The van der Waals surface area contributed by atoms with Gasteiger partial charge in [0.2, 0.25) is 5.91 Å². The van der Waals surface area contributed by atoms with Crippen LogP contribution in [0.3, 0.4) is 0 Å². The molecule has 2 N–H and O–H groups in total. The van der Waals surface area contributed by atoms with Crippen molar-refractivity contribution in [3.63, 3.8) is 0 Å². The number of esters is 1. The van der Waals surface area contributed by atoms with E-state index in [1.165, 1.54) is 16.7 Å². The first-order valence-electron chi connectivity index (χ1n) is 10.6. The van der Waals surface area contributed by atoms with E-state index in [1.807, 2.05) is 60.7 Å². The third-order valence-electron chi connectivity index (χ3n) is 5.27. The summed E-state index contributed by atoms with van der Waals surface area (Å²) in [4.78, 5) is 38.4. The van der Waals surface area contributed by atoms with Crippen LogP contribution in [-0.4, -0.2) is 59.3 Å². The zero-order valence-corrected chi connectivity index (χ0v) is 18.8. The number of hydrogen-bond acceptors (Lipinski definition) is 6. The molecule has 3 rings (SSSR count). The van der Waals surface area contributed by atoms with Crippen molar-refractivity contribution in [2.24, 2.45) is 0 Å². The molecule has 2 unspecified atom stereocenters. The summed E-state index contributed by atoms with van der Waals surface area (Å²) >= 11 is 1.54. The lowest BCUT2D eigenvalue weighted by Crippen LogP contribution is -2.53. The molecule has 0 aliphatic carbocycles. The van der Waals surface area contributed by atoms with E-state index in [2.05, 4.69) is 5.32 Å². The largest absolute Gasteiger partial charge is 0.480 e. The fraction of sp³-hybridized carbons (Fsp3) is 0.375. The Morgan fingerprint density at radius 1 is 1.16 bits per heavy atom. The van der Waals surface area contributed by atoms with Gasteiger partial charge in [-0.05, 0) is 31.0 Å². The molecule has 32 heavy (non-hydrogen) atoms. The lowest BCUT2D eigenvalue weighted by molar-refractivity contribution is -0.146. The molecule has 1 saturated heterocycles. The summed E-state index contributed by atoms with van der Waals surface area (Å²) in [7, 11) is 0. The second-order valence-electron chi connectivity index (χ2n) is 7.47. The van der Waals surface area contributed by atoms with Gasteiger partial charge in [0.1, 0.15) is 11.9 Å². The number of nitrogens with zero attached hydrogens (tertiary/aromatic N) is 1. The number of carbonyl (C=O) groups excluding carboxylic acids is 2. The normalized spacial score (nSPS) is 19.4. The number of ether oxygens (including phenoxy) is 1. The molecule has 8 heteroatoms. The second kappa shape index (κ2) is 11.7. The molecule has 1 amide bonds. The van der Waals surface area contributed by atoms with Crippen LogP contribution in [-0.2, 0) is 19.1 Å². The van der Waals surface area contributed by atoms with Crippen molar-refractivity contribution in [2.45, 2.75) is 30.7 Å². The first-order chi connectivity index (χ1) is 15.5. The van der Waals surface area contributed by atoms with Gasteiger partial charge in [-0.15, -0.1) is 11.8 Å². The molecule has 0 spiro atoms. The van der Waals surface area contributed by atoms with Crippen molar-refractivity contribution in [2.75, 3.05) is 25.4 Å². The van der Waals surface area contributed by atoms with Crippen molar-refractivity contribution >= 4 is 29.6 Å². The van der Waals surface area contributed by atoms with E-state index in [0.29, 0.717) is 25.3 Å². The Bertz CT molecular complexity index is 909. The highest BCUT2D eigenvalue weighted by Gasteiger charge is 2.37. The van der Waals surface area contributed by atoms with Gasteiger partial charge in [0, 0.05) is 5.75 Å². The average molecular weight is 457 g/mol. The van der Waals surface area contributed by atoms with Crippen LogP contribution < -0.4 is 5.32 Å². The van der Waals surface area contributed by atoms with Crippen LogP contribution >= 0.6 is 11.8 Å². The zero-order chi connectivity index (χ0) is 22.9. The van der Waals surface area contributed by atoms with E-state index in [0.717, 1.165) is 11.1 Å². The summed E-state index contributed by atoms with van der Waals surface area (Å²) in [6, 6.07) is 18.4. The first kappa shape index (κ1) is 23.8. The standard InChI is InChI=1S/C24H28N2O5S/c1-2-31-24(30)19(17-9-5-3-6-10-17)13-14-25-20-16-32-23(18-11-7-4-8-12-18)26(22(20)29)15-21(27)28/h3-12,19-20,23,25H,2,13-16H2,1H3,(H,27,28)/t19?,20-,23?/m0/s1. The maximum atomic E-state index is 13.1. The summed E-state index contributed by atoms with van der Waals surface area (Å²) in [5.41, 5.74) is 1.77. The third-order valence-corrected chi connectivity index (χ3v) is 6.64. The number of benzene rings is 2. The van der Waals surface area contributed by atoms with Gasteiger partial charge < -0.3 is 20.1 Å². The number of hydrogen-bond donors (Lipinski definition) is 2. The van der Waals surface area contributed by atoms with Gasteiger partial charge in [-0.2, -0.15) is 0 Å². The smallest absolute Gasteiger partial charge is 0.323 e. The van der Waals surface area contributed by atoms with Gasteiger partial charge in [0.05, 0.1) is 18.6 Å². The maximum Gasteiger partial charge on any atom is 0.323 e. The molecule has 0 radical (unpaired) electrons. The van der Waals surface area contributed by atoms with Gasteiger partial charge >= 0.3 is 11.9 Å². The van der Waals surface area contributed by atoms with E-state index in [4.69, 9.17) is 4.74 Å². The van der Waals surface area contributed by atoms with E-state index in [1.54, 1.807) is 6.92 Å². The van der Waals surface area contributed by atoms with Gasteiger partial charge in [0.15, 0.2) is 0 Å². The summed E-state index contributed by atoms with van der Waals surface area (Å²) in [6.07, 6.45) is 0.471. The Kier molecular flexibility index (Phi) is 8.70. The number of amides is 1. The molecular weight excluding hydrogens is 428 g/mol. The van der Waals surface area contributed by atoms with Crippen molar-refractivity contribution in [3.8, 4) is 0 Å². The molecule has 1 aliphatic rings. The van der Waals surface area contributed by atoms with E-state index in [-0.39, 0.29) is 23.8 Å². The monoisotopic (exact) mass is 456 g/mol. The number of carboxylic acid groups (broad SMARTS) is 1. The van der Waals surface area contributed by atoms with Crippen LogP contribution in [0.25, 0.3) is 0 Å². The lowest BCUT2D eigenvalue weighted by Gasteiger charge is -2.38. The van der Waals surface area contributed by atoms with Gasteiger partial charge in [-0.25, -0.2) is 0 Å². The van der Waals surface area contributed by atoms with E-state index < -0.39 is 17.9 Å². The number of thioether (sulfide) groups is 1. The molecular formula is C24H28N2O5S. The van der Waals surface area contributed by atoms with Crippen molar-refractivity contribution < 1.29 is 24.2 Å². The molecule has 2 aromatic rings. The average Bonchev–Trinajstić information content (AvgIpc) is 2.80. The topological polar surface area (TPSA) is 95.9 Å². The number of carbonyl (C=O) groups is 3. The molecule has 1 aliphatic heterocycles. The molecule has 3 atom stereocenters. The summed E-state index contributed by atoms with van der Waals surface area (Å²) in [5, 5.41) is 12.2. The van der Waals surface area contributed by atoms with E-state index >= 15 is 0 Å². The third kappa shape index (κ3) is 6.11. The van der Waals surface area contributed by atoms with Crippen LogP contribution in [0, 0.1) is 0 Å². The van der Waals surface area contributed by atoms with E-state index in [9.17, 15) is 19.5 Å². The fourth-order valence-electron chi connectivity index (χ4n) is 3.76. The molecule has 1 fully saturated rings. The number of carboxylic acids is 1. The van der Waals surface area contributed by atoms with Gasteiger partial charge in [-0.1, -0.05) is 60.7 Å². The fourth-order valence-corrected chi connectivity index (χ4v) is 5.10. The van der Waals surface area contributed by atoms with Crippen molar-refractivity contribution in [1.29, 1.82) is 0 Å². The van der Waals surface area contributed by atoms with Crippen LogP contribution in [0.2, 0.25) is 0 Å². The van der Waals surface area contributed by atoms with Crippen molar-refractivity contribution in [1.82, 2.24) is 10.2 Å². The lowest BCUT2D eigenvalue weighted by atomic mass is 9.95. The number of aliphatic carboxylic acids is 1. The van der Waals surface area contributed by atoms with Crippen molar-refractivity contribution in [3.05, 3.63) is 71.8 Å². The number of rotatable bonds is 10. The van der Waals surface area contributed by atoms with Crippen LogP contribution in [0.5, 0.6) is 0 Å².